The van der Waals surface area contributed by atoms with Gasteiger partial charge in [-0.3, -0.25) is 4.79 Å². The van der Waals surface area contributed by atoms with Crippen molar-refractivity contribution in [3.63, 3.8) is 0 Å². The van der Waals surface area contributed by atoms with Crippen molar-refractivity contribution < 1.29 is 32.2 Å². The third kappa shape index (κ3) is 6.71. The standard InChI is InChI=1S/C24H31FN4O6S/c1-15-12-29(16(2)14-30)23(31)20-11-19(27-24(32)26-18-7-5-17(25)6-8-18)9-10-21(20)35-22(15)13-28(3)36(4,33)34/h5-11,15-16,22,30H,12-14H2,1-4H3,(H2,26,27,32)/t15-,16+,22+/m1/s1. The third-order valence-electron chi connectivity index (χ3n) is 6.03. The minimum absolute atomic E-state index is 0.0645. The number of hydrogen-bond acceptors (Lipinski definition) is 6. The molecule has 3 rings (SSSR count). The molecule has 2 aromatic rings. The number of aliphatic hydroxyl groups is 1. The first-order valence-corrected chi connectivity index (χ1v) is 13.2. The number of hydrogen-bond donors (Lipinski definition) is 3. The summed E-state index contributed by atoms with van der Waals surface area (Å²) in [5.41, 5.74) is 0.850. The molecule has 36 heavy (non-hydrogen) atoms. The van der Waals surface area contributed by atoms with Crippen LogP contribution in [0.3, 0.4) is 0 Å². The SMILES string of the molecule is C[C@@H]1CN([C@@H](C)CO)C(=O)c2cc(NC(=O)Nc3ccc(F)cc3)ccc2O[C@H]1CN(C)S(C)(=O)=O. The number of ether oxygens (including phenoxy) is 1. The molecule has 1 heterocycles. The molecule has 0 saturated carbocycles. The third-order valence-corrected chi connectivity index (χ3v) is 7.31. The summed E-state index contributed by atoms with van der Waals surface area (Å²) in [7, 11) is -2.00. The number of halogens is 1. The van der Waals surface area contributed by atoms with Crippen LogP contribution in [0, 0.1) is 11.7 Å². The van der Waals surface area contributed by atoms with E-state index in [1.165, 1.54) is 52.7 Å². The van der Waals surface area contributed by atoms with Gasteiger partial charge < -0.3 is 25.4 Å². The Bertz CT molecular complexity index is 1210. The normalized spacial score (nSPS) is 19.1. The second-order valence-electron chi connectivity index (χ2n) is 8.96. The highest BCUT2D eigenvalue weighted by atomic mass is 32.2. The van der Waals surface area contributed by atoms with Crippen LogP contribution in [0.1, 0.15) is 24.2 Å². The predicted octanol–water partition coefficient (Wildman–Crippen LogP) is 2.58. The van der Waals surface area contributed by atoms with Crippen LogP contribution < -0.4 is 15.4 Å². The van der Waals surface area contributed by atoms with Gasteiger partial charge in [0.2, 0.25) is 10.0 Å². The number of amides is 3. The molecule has 196 valence electrons. The lowest BCUT2D eigenvalue weighted by molar-refractivity contribution is 0.0387. The van der Waals surface area contributed by atoms with E-state index < -0.39 is 39.9 Å². The first kappa shape index (κ1) is 27.4. The number of fused-ring (bicyclic) bond motifs is 1. The van der Waals surface area contributed by atoms with Gasteiger partial charge in [-0.2, -0.15) is 0 Å². The van der Waals surface area contributed by atoms with Gasteiger partial charge in [0.15, 0.2) is 0 Å². The van der Waals surface area contributed by atoms with Crippen molar-refractivity contribution in [3.8, 4) is 5.75 Å². The van der Waals surface area contributed by atoms with Crippen LogP contribution in [-0.2, 0) is 10.0 Å². The number of anilines is 2. The lowest BCUT2D eigenvalue weighted by atomic mass is 9.99. The van der Waals surface area contributed by atoms with E-state index in [0.29, 0.717) is 11.4 Å². The molecule has 0 radical (unpaired) electrons. The van der Waals surface area contributed by atoms with Crippen molar-refractivity contribution in [2.75, 3.05) is 43.6 Å². The van der Waals surface area contributed by atoms with Crippen LogP contribution in [0.15, 0.2) is 42.5 Å². The number of sulfonamides is 1. The zero-order valence-corrected chi connectivity index (χ0v) is 21.4. The number of urea groups is 1. The molecule has 0 aliphatic carbocycles. The first-order valence-electron chi connectivity index (χ1n) is 11.4. The van der Waals surface area contributed by atoms with E-state index in [9.17, 15) is 27.5 Å². The van der Waals surface area contributed by atoms with Gasteiger partial charge >= 0.3 is 6.03 Å². The maximum absolute atomic E-state index is 13.4. The van der Waals surface area contributed by atoms with Crippen molar-refractivity contribution in [1.82, 2.24) is 9.21 Å². The zero-order valence-electron chi connectivity index (χ0n) is 20.6. The molecular formula is C24H31FN4O6S. The van der Waals surface area contributed by atoms with Crippen molar-refractivity contribution in [2.45, 2.75) is 26.0 Å². The quantitative estimate of drug-likeness (QED) is 0.513. The van der Waals surface area contributed by atoms with E-state index in [2.05, 4.69) is 10.6 Å². The highest BCUT2D eigenvalue weighted by Crippen LogP contribution is 2.31. The first-order chi connectivity index (χ1) is 16.9. The van der Waals surface area contributed by atoms with Crippen molar-refractivity contribution in [3.05, 3.63) is 53.8 Å². The number of likely N-dealkylation sites (N-methyl/N-ethyl adjacent to an activating group) is 1. The van der Waals surface area contributed by atoms with E-state index >= 15 is 0 Å². The number of nitrogens with one attached hydrogen (secondary N) is 2. The summed E-state index contributed by atoms with van der Waals surface area (Å²) >= 11 is 0. The molecule has 2 aromatic carbocycles. The Morgan fingerprint density at radius 1 is 1.22 bits per heavy atom. The average molecular weight is 523 g/mol. The molecule has 1 aliphatic heterocycles. The van der Waals surface area contributed by atoms with Gasteiger partial charge in [-0.15, -0.1) is 0 Å². The molecule has 3 N–H and O–H groups in total. The lowest BCUT2D eigenvalue weighted by Crippen LogP contribution is -2.50. The number of benzene rings is 2. The molecule has 10 nitrogen and oxygen atoms in total. The molecule has 0 fully saturated rings. The van der Waals surface area contributed by atoms with Crippen LogP contribution in [0.25, 0.3) is 0 Å². The Morgan fingerprint density at radius 2 is 1.83 bits per heavy atom. The number of nitrogens with zero attached hydrogens (tertiary/aromatic N) is 2. The second kappa shape index (κ2) is 11.2. The van der Waals surface area contributed by atoms with Gasteiger partial charge in [0.1, 0.15) is 17.7 Å². The zero-order chi connectivity index (χ0) is 26.6. The van der Waals surface area contributed by atoms with E-state index in [0.717, 1.165) is 6.26 Å². The van der Waals surface area contributed by atoms with Gasteiger partial charge in [0.25, 0.3) is 5.91 Å². The minimum atomic E-state index is -3.46. The molecule has 0 aromatic heterocycles. The summed E-state index contributed by atoms with van der Waals surface area (Å²) in [6.45, 7) is 3.59. The highest BCUT2D eigenvalue weighted by Gasteiger charge is 2.34. The second-order valence-corrected chi connectivity index (χ2v) is 11.1. The van der Waals surface area contributed by atoms with Crippen LogP contribution in [0.5, 0.6) is 5.75 Å². The van der Waals surface area contributed by atoms with Crippen molar-refractivity contribution >= 4 is 33.3 Å². The Morgan fingerprint density at radius 3 is 2.44 bits per heavy atom. The summed E-state index contributed by atoms with van der Waals surface area (Å²) < 4.78 is 44.4. The van der Waals surface area contributed by atoms with Gasteiger partial charge in [0, 0.05) is 30.9 Å². The predicted molar refractivity (Wildman–Crippen MR) is 134 cm³/mol. The fourth-order valence-corrected chi connectivity index (χ4v) is 4.15. The maximum Gasteiger partial charge on any atom is 0.323 e. The molecule has 0 bridgehead atoms. The maximum atomic E-state index is 13.4. The number of carbonyl (C=O) groups is 2. The summed E-state index contributed by atoms with van der Waals surface area (Å²) in [5, 5.41) is 15.0. The summed E-state index contributed by atoms with van der Waals surface area (Å²) in [4.78, 5) is 27.4. The van der Waals surface area contributed by atoms with E-state index in [1.54, 1.807) is 13.0 Å². The molecule has 1 aliphatic rings. The molecule has 3 atom stereocenters. The molecular weight excluding hydrogens is 491 g/mol. The summed E-state index contributed by atoms with van der Waals surface area (Å²) in [5.74, 6) is -0.841. The Labute approximate surface area is 210 Å². The van der Waals surface area contributed by atoms with E-state index in [-0.39, 0.29) is 36.9 Å². The van der Waals surface area contributed by atoms with Gasteiger partial charge in [0.05, 0.1) is 31.0 Å². The minimum Gasteiger partial charge on any atom is -0.488 e. The molecule has 0 unspecified atom stereocenters. The van der Waals surface area contributed by atoms with Crippen LogP contribution in [-0.4, -0.2) is 79.8 Å². The number of rotatable bonds is 7. The molecule has 0 saturated heterocycles. The van der Waals surface area contributed by atoms with Crippen LogP contribution in [0.4, 0.5) is 20.6 Å². The fraction of sp³-hybridized carbons (Fsp3) is 0.417. The number of aliphatic hydroxyl groups excluding tert-OH is 1. The van der Waals surface area contributed by atoms with E-state index in [4.69, 9.17) is 4.74 Å². The molecule has 12 heteroatoms. The Hall–Kier alpha value is -3.22. The van der Waals surface area contributed by atoms with Gasteiger partial charge in [-0.1, -0.05) is 6.92 Å². The van der Waals surface area contributed by atoms with Crippen LogP contribution in [0.2, 0.25) is 0 Å². The van der Waals surface area contributed by atoms with Crippen molar-refractivity contribution in [2.24, 2.45) is 5.92 Å². The highest BCUT2D eigenvalue weighted by molar-refractivity contribution is 7.88. The average Bonchev–Trinajstić information content (AvgIpc) is 2.82. The van der Waals surface area contributed by atoms with Crippen LogP contribution >= 0.6 is 0 Å². The lowest BCUT2D eigenvalue weighted by Gasteiger charge is -2.38. The Kier molecular flexibility index (Phi) is 8.54. The topological polar surface area (TPSA) is 128 Å². The smallest absolute Gasteiger partial charge is 0.323 e. The van der Waals surface area contributed by atoms with Gasteiger partial charge in [-0.25, -0.2) is 21.9 Å². The monoisotopic (exact) mass is 522 g/mol. The summed E-state index contributed by atoms with van der Waals surface area (Å²) in [6, 6.07) is 8.71. The molecule has 0 spiro atoms. The Balaban J connectivity index is 1.90. The molecule has 3 amide bonds. The summed E-state index contributed by atoms with van der Waals surface area (Å²) in [6.07, 6.45) is 0.526. The van der Waals surface area contributed by atoms with Crippen molar-refractivity contribution in [1.29, 1.82) is 0 Å². The largest absolute Gasteiger partial charge is 0.488 e. The van der Waals surface area contributed by atoms with E-state index in [1.807, 2.05) is 6.92 Å². The number of carbonyl (C=O) groups excluding carboxylic acids is 2. The fourth-order valence-electron chi connectivity index (χ4n) is 3.73. The van der Waals surface area contributed by atoms with Gasteiger partial charge in [-0.05, 0) is 49.4 Å².